The van der Waals surface area contributed by atoms with Crippen molar-refractivity contribution in [1.82, 2.24) is 0 Å². The van der Waals surface area contributed by atoms with E-state index in [4.69, 9.17) is 15.2 Å². The molecule has 146 valence electrons. The van der Waals surface area contributed by atoms with Crippen LogP contribution in [0.15, 0.2) is 71.3 Å². The summed E-state index contributed by atoms with van der Waals surface area (Å²) < 4.78 is 24.7. The van der Waals surface area contributed by atoms with Gasteiger partial charge in [-0.2, -0.15) is 5.26 Å². The Kier molecular flexibility index (Phi) is 5.05. The van der Waals surface area contributed by atoms with Crippen LogP contribution >= 0.6 is 0 Å². The zero-order chi connectivity index (χ0) is 20.4. The van der Waals surface area contributed by atoms with Crippen LogP contribution in [0, 0.1) is 17.1 Å². The topological polar surface area (TPSA) is 85.3 Å². The number of nitriles is 1. The highest BCUT2D eigenvalue weighted by Gasteiger charge is 2.39. The van der Waals surface area contributed by atoms with Gasteiger partial charge in [0.05, 0.1) is 5.92 Å². The maximum absolute atomic E-state index is 13.1. The molecule has 2 aromatic carbocycles. The lowest BCUT2D eigenvalue weighted by Crippen LogP contribution is -2.27. The second-order valence-electron chi connectivity index (χ2n) is 6.99. The zero-order valence-electron chi connectivity index (χ0n) is 15.7. The van der Waals surface area contributed by atoms with Gasteiger partial charge in [0, 0.05) is 24.0 Å². The molecule has 0 unspecified atom stereocenters. The van der Waals surface area contributed by atoms with Crippen molar-refractivity contribution in [2.45, 2.75) is 31.8 Å². The molecule has 2 aromatic rings. The van der Waals surface area contributed by atoms with Crippen LogP contribution in [-0.2, 0) is 16.1 Å². The standard InChI is InChI=1S/C23H19FN2O3/c24-15-10-8-14(9-11-15)13-28-19-6-2-1-4-16(19)21-17(12-25)23(26)29-20-7-3-5-18(27)22(20)21/h1-2,4,6,8-11,21H,3,5,7,13,26H2/t21-/m1/s1. The Hall–Kier alpha value is -3.59. The molecule has 0 amide bonds. The molecule has 5 nitrogen and oxygen atoms in total. The molecule has 2 aliphatic rings. The Balaban J connectivity index is 1.73. The first-order chi connectivity index (χ1) is 14.1. The van der Waals surface area contributed by atoms with Gasteiger partial charge in [-0.05, 0) is 30.2 Å². The predicted molar refractivity (Wildman–Crippen MR) is 104 cm³/mol. The maximum Gasteiger partial charge on any atom is 0.205 e. The van der Waals surface area contributed by atoms with Crippen LogP contribution in [0.4, 0.5) is 4.39 Å². The molecule has 0 saturated heterocycles. The minimum absolute atomic E-state index is 0.0271. The summed E-state index contributed by atoms with van der Waals surface area (Å²) in [6, 6.07) is 15.4. The monoisotopic (exact) mass is 390 g/mol. The van der Waals surface area contributed by atoms with Crippen LogP contribution in [0.5, 0.6) is 5.75 Å². The first kappa shape index (κ1) is 18.8. The highest BCUT2D eigenvalue weighted by molar-refractivity contribution is 5.99. The van der Waals surface area contributed by atoms with E-state index in [2.05, 4.69) is 6.07 Å². The van der Waals surface area contributed by atoms with Gasteiger partial charge in [-0.1, -0.05) is 30.3 Å². The normalized spacial score (nSPS) is 18.8. The first-order valence-corrected chi connectivity index (χ1v) is 9.38. The zero-order valence-corrected chi connectivity index (χ0v) is 15.7. The van der Waals surface area contributed by atoms with Crippen molar-refractivity contribution >= 4 is 5.78 Å². The number of nitrogens with zero attached hydrogens (tertiary/aromatic N) is 1. The number of carbonyl (C=O) groups is 1. The molecule has 29 heavy (non-hydrogen) atoms. The third-order valence-electron chi connectivity index (χ3n) is 5.14. The molecule has 1 heterocycles. The van der Waals surface area contributed by atoms with Crippen LogP contribution in [-0.4, -0.2) is 5.78 Å². The van der Waals surface area contributed by atoms with Crippen LogP contribution in [0.1, 0.15) is 36.3 Å². The Bertz CT molecular complexity index is 1060. The van der Waals surface area contributed by atoms with Gasteiger partial charge in [0.1, 0.15) is 35.6 Å². The molecule has 1 aliphatic heterocycles. The van der Waals surface area contributed by atoms with E-state index in [-0.39, 0.29) is 29.7 Å². The average Bonchev–Trinajstić information content (AvgIpc) is 2.73. The lowest BCUT2D eigenvalue weighted by atomic mass is 9.77. The Morgan fingerprint density at radius 1 is 1.17 bits per heavy atom. The van der Waals surface area contributed by atoms with E-state index in [1.54, 1.807) is 18.2 Å². The molecule has 0 radical (unpaired) electrons. The second kappa shape index (κ2) is 7.80. The molecule has 0 spiro atoms. The quantitative estimate of drug-likeness (QED) is 0.845. The van der Waals surface area contributed by atoms with Crippen LogP contribution in [0.25, 0.3) is 0 Å². The van der Waals surface area contributed by atoms with Gasteiger partial charge in [-0.15, -0.1) is 0 Å². The van der Waals surface area contributed by atoms with Crippen molar-refractivity contribution in [2.75, 3.05) is 0 Å². The number of halogens is 1. The molecule has 1 atom stereocenters. The number of para-hydroxylation sites is 1. The summed E-state index contributed by atoms with van der Waals surface area (Å²) in [5.41, 5.74) is 8.19. The van der Waals surface area contributed by atoms with Crippen molar-refractivity contribution in [1.29, 1.82) is 5.26 Å². The number of Topliss-reactive ketones (excluding diaryl/α,β-unsaturated/α-hetero) is 1. The molecular weight excluding hydrogens is 371 g/mol. The highest BCUT2D eigenvalue weighted by Crippen LogP contribution is 2.45. The summed E-state index contributed by atoms with van der Waals surface area (Å²) in [6.07, 6.45) is 1.72. The van der Waals surface area contributed by atoms with Gasteiger partial charge >= 0.3 is 0 Å². The van der Waals surface area contributed by atoms with Crippen LogP contribution < -0.4 is 10.5 Å². The van der Waals surface area contributed by atoms with E-state index < -0.39 is 5.92 Å². The molecule has 1 aliphatic carbocycles. The van der Waals surface area contributed by atoms with Crippen molar-refractivity contribution in [3.8, 4) is 11.8 Å². The van der Waals surface area contributed by atoms with Crippen molar-refractivity contribution in [3.63, 3.8) is 0 Å². The number of ketones is 1. The number of carbonyl (C=O) groups excluding carboxylic acids is 1. The maximum atomic E-state index is 13.1. The third kappa shape index (κ3) is 3.59. The van der Waals surface area contributed by atoms with Crippen molar-refractivity contribution < 1.29 is 18.7 Å². The smallest absolute Gasteiger partial charge is 0.205 e. The van der Waals surface area contributed by atoms with Gasteiger partial charge in [0.2, 0.25) is 5.88 Å². The van der Waals surface area contributed by atoms with E-state index in [9.17, 15) is 14.4 Å². The molecule has 0 aromatic heterocycles. The summed E-state index contributed by atoms with van der Waals surface area (Å²) in [7, 11) is 0. The van der Waals surface area contributed by atoms with Gasteiger partial charge < -0.3 is 15.2 Å². The molecule has 2 N–H and O–H groups in total. The van der Waals surface area contributed by atoms with E-state index in [0.29, 0.717) is 41.9 Å². The Morgan fingerprint density at radius 3 is 2.69 bits per heavy atom. The molecule has 0 bridgehead atoms. The molecule has 0 saturated carbocycles. The number of hydrogen-bond donors (Lipinski definition) is 1. The van der Waals surface area contributed by atoms with Crippen molar-refractivity contribution in [3.05, 3.63) is 88.3 Å². The number of allylic oxidation sites excluding steroid dienone is 3. The second-order valence-corrected chi connectivity index (χ2v) is 6.99. The Morgan fingerprint density at radius 2 is 1.93 bits per heavy atom. The fourth-order valence-electron chi connectivity index (χ4n) is 3.76. The summed E-state index contributed by atoms with van der Waals surface area (Å²) >= 11 is 0. The molecule has 4 rings (SSSR count). The van der Waals surface area contributed by atoms with Gasteiger partial charge in [0.15, 0.2) is 5.78 Å². The summed E-state index contributed by atoms with van der Waals surface area (Å²) in [5.74, 6) is 0.126. The third-order valence-corrected chi connectivity index (χ3v) is 5.14. The van der Waals surface area contributed by atoms with Crippen molar-refractivity contribution in [2.24, 2.45) is 5.73 Å². The first-order valence-electron chi connectivity index (χ1n) is 9.38. The number of hydrogen-bond acceptors (Lipinski definition) is 5. The number of rotatable bonds is 4. The number of ether oxygens (including phenoxy) is 2. The largest absolute Gasteiger partial charge is 0.489 e. The number of benzene rings is 2. The lowest BCUT2D eigenvalue weighted by Gasteiger charge is -2.31. The van der Waals surface area contributed by atoms with Gasteiger partial charge in [0.25, 0.3) is 0 Å². The fraction of sp³-hybridized carbons (Fsp3) is 0.217. The van der Waals surface area contributed by atoms with Crippen LogP contribution in [0.3, 0.4) is 0 Å². The minimum atomic E-state index is -0.624. The molecular formula is C23H19FN2O3. The minimum Gasteiger partial charge on any atom is -0.489 e. The summed E-state index contributed by atoms with van der Waals surface area (Å²) in [6.45, 7) is 0.224. The lowest BCUT2D eigenvalue weighted by molar-refractivity contribution is -0.116. The summed E-state index contributed by atoms with van der Waals surface area (Å²) in [4.78, 5) is 12.7. The number of nitrogens with two attached hydrogens (primary N) is 1. The molecule has 6 heteroatoms. The molecule has 0 fully saturated rings. The highest BCUT2D eigenvalue weighted by atomic mass is 19.1. The average molecular weight is 390 g/mol. The Labute approximate surface area is 167 Å². The van der Waals surface area contributed by atoms with E-state index >= 15 is 0 Å². The van der Waals surface area contributed by atoms with E-state index in [0.717, 1.165) is 5.56 Å². The summed E-state index contributed by atoms with van der Waals surface area (Å²) in [5, 5.41) is 9.72. The van der Waals surface area contributed by atoms with E-state index in [1.807, 2.05) is 18.2 Å². The van der Waals surface area contributed by atoms with Crippen LogP contribution in [0.2, 0.25) is 0 Å². The predicted octanol–water partition coefficient (Wildman–Crippen LogP) is 4.22. The van der Waals surface area contributed by atoms with E-state index in [1.165, 1.54) is 12.1 Å². The van der Waals surface area contributed by atoms with Gasteiger partial charge in [-0.3, -0.25) is 4.79 Å². The SMILES string of the molecule is N#CC1=C(N)OC2=C(C(=O)CCC2)[C@@H]1c1ccccc1OCc1ccc(F)cc1. The van der Waals surface area contributed by atoms with Gasteiger partial charge in [-0.25, -0.2) is 4.39 Å². The fourth-order valence-corrected chi connectivity index (χ4v) is 3.76.